The predicted molar refractivity (Wildman–Crippen MR) is 116 cm³/mol. The maximum Gasteiger partial charge on any atom is 0.123 e. The van der Waals surface area contributed by atoms with Gasteiger partial charge in [0.2, 0.25) is 0 Å². The topological polar surface area (TPSA) is 90.2 Å². The fraction of sp³-hybridized carbons (Fsp3) is 0.440. The van der Waals surface area contributed by atoms with Crippen molar-refractivity contribution in [1.29, 1.82) is 0 Å². The third kappa shape index (κ3) is 3.08. The lowest BCUT2D eigenvalue weighted by Gasteiger charge is -2.46. The molecule has 0 aromatic heterocycles. The molecule has 2 aliphatic rings. The third-order valence-corrected chi connectivity index (χ3v) is 6.82. The molecule has 2 aromatic rings. The van der Waals surface area contributed by atoms with Crippen LogP contribution in [0.1, 0.15) is 53.1 Å². The molecule has 1 aliphatic heterocycles. The molecule has 5 heteroatoms. The highest BCUT2D eigenvalue weighted by molar-refractivity contribution is 5.89. The Labute approximate surface area is 177 Å². The number of aromatic hydroxyl groups is 1. The number of hydrogen-bond acceptors (Lipinski definition) is 5. The van der Waals surface area contributed by atoms with Crippen molar-refractivity contribution in [3.63, 3.8) is 0 Å². The summed E-state index contributed by atoms with van der Waals surface area (Å²) in [4.78, 5) is 0. The third-order valence-electron chi connectivity index (χ3n) is 6.82. The monoisotopic (exact) mass is 410 g/mol. The highest BCUT2D eigenvalue weighted by Gasteiger charge is 2.47. The lowest BCUT2D eigenvalue weighted by Crippen LogP contribution is -2.56. The number of aryl methyl sites for hydroxylation is 2. The van der Waals surface area contributed by atoms with Crippen LogP contribution < -0.4 is 0 Å². The van der Waals surface area contributed by atoms with Crippen molar-refractivity contribution in [3.8, 4) is 5.75 Å². The van der Waals surface area contributed by atoms with E-state index in [1.807, 2.05) is 39.0 Å². The molecule has 0 amide bonds. The van der Waals surface area contributed by atoms with Crippen LogP contribution in [0.2, 0.25) is 0 Å². The molecule has 1 aliphatic carbocycles. The van der Waals surface area contributed by atoms with E-state index in [1.165, 1.54) is 0 Å². The van der Waals surface area contributed by atoms with Gasteiger partial charge in [-0.2, -0.15) is 0 Å². The van der Waals surface area contributed by atoms with Gasteiger partial charge < -0.3 is 25.2 Å². The summed E-state index contributed by atoms with van der Waals surface area (Å²) in [6.45, 7) is 9.83. The first kappa shape index (κ1) is 21.1. The van der Waals surface area contributed by atoms with Crippen LogP contribution in [0, 0.1) is 12.8 Å². The van der Waals surface area contributed by atoms with E-state index < -0.39 is 24.4 Å². The number of aliphatic hydroxyl groups is 3. The standard InChI is InChI=1S/C25H30O5/c1-5-15-9-17-21(18(27)10-15)13(3)20-12(2)7-6-8-16(20)22(17)25-14(4)23(28)24(29)19(11-26)30-25/h6-10,14,19,22-29H,3,5,11H2,1-2,4H3. The lowest BCUT2D eigenvalue weighted by molar-refractivity contribution is -0.208. The van der Waals surface area contributed by atoms with Crippen molar-refractivity contribution in [2.75, 3.05) is 6.61 Å². The zero-order valence-corrected chi connectivity index (χ0v) is 17.7. The smallest absolute Gasteiger partial charge is 0.123 e. The molecule has 4 rings (SSSR count). The summed E-state index contributed by atoms with van der Waals surface area (Å²) in [6.07, 6.45) is -2.76. The predicted octanol–water partition coefficient (Wildman–Crippen LogP) is 2.89. The number of fused-ring (bicyclic) bond motifs is 2. The van der Waals surface area contributed by atoms with Gasteiger partial charge in [-0.05, 0) is 52.8 Å². The second-order valence-corrected chi connectivity index (χ2v) is 8.59. The van der Waals surface area contributed by atoms with E-state index >= 15 is 0 Å². The van der Waals surface area contributed by atoms with Gasteiger partial charge in [0.1, 0.15) is 18.0 Å². The number of aliphatic hydroxyl groups excluding tert-OH is 3. The molecule has 0 saturated carbocycles. The minimum Gasteiger partial charge on any atom is -0.507 e. The maximum absolute atomic E-state index is 10.9. The first-order chi connectivity index (χ1) is 14.3. The van der Waals surface area contributed by atoms with Crippen LogP contribution in [-0.2, 0) is 11.2 Å². The number of rotatable bonds is 3. The van der Waals surface area contributed by atoms with Crippen molar-refractivity contribution < 1.29 is 25.2 Å². The number of hydrogen-bond donors (Lipinski definition) is 4. The normalized spacial score (nSPS) is 30.7. The molecule has 4 N–H and O–H groups in total. The minimum atomic E-state index is -1.15. The molecule has 0 bridgehead atoms. The van der Waals surface area contributed by atoms with E-state index in [-0.39, 0.29) is 24.2 Å². The summed E-state index contributed by atoms with van der Waals surface area (Å²) in [5, 5.41) is 41.7. The SMILES string of the molecule is C=C1c2c(C)cccc2C(C2OC(CO)C(O)C(O)C2C)c2cc(CC)cc(O)c21. The summed E-state index contributed by atoms with van der Waals surface area (Å²) in [6, 6.07) is 9.91. The van der Waals surface area contributed by atoms with Crippen molar-refractivity contribution in [3.05, 3.63) is 70.3 Å². The molecule has 0 spiro atoms. The van der Waals surface area contributed by atoms with Gasteiger partial charge in [-0.25, -0.2) is 0 Å². The van der Waals surface area contributed by atoms with Crippen LogP contribution in [0.5, 0.6) is 5.75 Å². The van der Waals surface area contributed by atoms with E-state index in [2.05, 4.69) is 12.6 Å². The van der Waals surface area contributed by atoms with Crippen LogP contribution >= 0.6 is 0 Å². The van der Waals surface area contributed by atoms with Gasteiger partial charge in [0.05, 0.1) is 18.8 Å². The molecule has 0 radical (unpaired) electrons. The molecular weight excluding hydrogens is 380 g/mol. The Kier molecular flexibility index (Phi) is 5.49. The van der Waals surface area contributed by atoms with Crippen LogP contribution in [0.25, 0.3) is 5.57 Å². The van der Waals surface area contributed by atoms with Crippen molar-refractivity contribution in [1.82, 2.24) is 0 Å². The van der Waals surface area contributed by atoms with E-state index in [0.29, 0.717) is 5.56 Å². The van der Waals surface area contributed by atoms with Crippen LogP contribution in [0.15, 0.2) is 36.9 Å². The molecule has 1 fully saturated rings. The largest absolute Gasteiger partial charge is 0.507 e. The average molecular weight is 411 g/mol. The van der Waals surface area contributed by atoms with Gasteiger partial charge in [0.15, 0.2) is 0 Å². The maximum atomic E-state index is 10.9. The molecule has 6 atom stereocenters. The first-order valence-electron chi connectivity index (χ1n) is 10.6. The Balaban J connectivity index is 1.96. The van der Waals surface area contributed by atoms with Crippen molar-refractivity contribution in [2.24, 2.45) is 5.92 Å². The Morgan fingerprint density at radius 2 is 1.80 bits per heavy atom. The van der Waals surface area contributed by atoms with Gasteiger partial charge in [0, 0.05) is 17.4 Å². The number of phenolic OH excluding ortho intramolecular Hbond substituents is 1. The Morgan fingerprint density at radius 1 is 1.07 bits per heavy atom. The Bertz CT molecular complexity index is 980. The van der Waals surface area contributed by atoms with Crippen LogP contribution in [0.4, 0.5) is 0 Å². The number of phenols is 1. The van der Waals surface area contributed by atoms with Crippen molar-refractivity contribution >= 4 is 5.57 Å². The van der Waals surface area contributed by atoms with Gasteiger partial charge in [0.25, 0.3) is 0 Å². The van der Waals surface area contributed by atoms with E-state index in [1.54, 1.807) is 6.07 Å². The highest BCUT2D eigenvalue weighted by atomic mass is 16.5. The fourth-order valence-electron chi connectivity index (χ4n) is 5.16. The van der Waals surface area contributed by atoms with Gasteiger partial charge in [-0.15, -0.1) is 0 Å². The van der Waals surface area contributed by atoms with Gasteiger partial charge >= 0.3 is 0 Å². The van der Waals surface area contributed by atoms with E-state index in [9.17, 15) is 20.4 Å². The highest BCUT2D eigenvalue weighted by Crippen LogP contribution is 2.51. The van der Waals surface area contributed by atoms with E-state index in [0.717, 1.165) is 39.8 Å². The summed E-state index contributed by atoms with van der Waals surface area (Å²) in [5.41, 5.74) is 6.45. The summed E-state index contributed by atoms with van der Waals surface area (Å²) in [5.74, 6) is -0.465. The quantitative estimate of drug-likeness (QED) is 0.625. The molecule has 2 aromatic carbocycles. The van der Waals surface area contributed by atoms with Crippen molar-refractivity contribution in [2.45, 2.75) is 57.5 Å². The Morgan fingerprint density at radius 3 is 2.47 bits per heavy atom. The number of ether oxygens (including phenoxy) is 1. The molecular formula is C25H30O5. The van der Waals surface area contributed by atoms with Gasteiger partial charge in [-0.1, -0.05) is 44.7 Å². The second-order valence-electron chi connectivity index (χ2n) is 8.59. The first-order valence-corrected chi connectivity index (χ1v) is 10.6. The fourth-order valence-corrected chi connectivity index (χ4v) is 5.16. The molecule has 6 unspecified atom stereocenters. The van der Waals surface area contributed by atoms with Crippen LogP contribution in [0.3, 0.4) is 0 Å². The zero-order chi connectivity index (χ0) is 21.7. The van der Waals surface area contributed by atoms with Crippen LogP contribution in [-0.4, -0.2) is 51.4 Å². The summed E-state index contributed by atoms with van der Waals surface area (Å²) in [7, 11) is 0. The lowest BCUT2D eigenvalue weighted by atomic mass is 9.68. The minimum absolute atomic E-state index is 0.191. The molecule has 30 heavy (non-hydrogen) atoms. The average Bonchev–Trinajstić information content (AvgIpc) is 2.73. The molecule has 5 nitrogen and oxygen atoms in total. The van der Waals surface area contributed by atoms with Gasteiger partial charge in [-0.3, -0.25) is 0 Å². The molecule has 160 valence electrons. The zero-order valence-electron chi connectivity index (χ0n) is 17.7. The summed E-state index contributed by atoms with van der Waals surface area (Å²) >= 11 is 0. The Hall–Kier alpha value is -2.18. The molecule has 1 heterocycles. The second kappa shape index (κ2) is 7.82. The number of benzene rings is 2. The summed E-state index contributed by atoms with van der Waals surface area (Å²) < 4.78 is 6.20. The van der Waals surface area contributed by atoms with E-state index in [4.69, 9.17) is 4.74 Å². The molecule has 1 saturated heterocycles.